The van der Waals surface area contributed by atoms with Gasteiger partial charge in [-0.25, -0.2) is 4.68 Å². The molecular weight excluding hydrogens is 324 g/mol. The van der Waals surface area contributed by atoms with Gasteiger partial charge < -0.3 is 21.3 Å². The molecule has 2 aliphatic rings. The van der Waals surface area contributed by atoms with Gasteiger partial charge in [0.2, 0.25) is 0 Å². The van der Waals surface area contributed by atoms with Crippen molar-refractivity contribution in [3.8, 4) is 11.5 Å². The number of phenolic OH excluding ortho intramolecular Hbond substituents is 2. The van der Waals surface area contributed by atoms with E-state index in [1.807, 2.05) is 0 Å². The molecular formula is C17H16N4O4. The van der Waals surface area contributed by atoms with E-state index in [1.165, 1.54) is 23.0 Å². The number of amides is 1. The second-order valence-corrected chi connectivity index (χ2v) is 6.16. The summed E-state index contributed by atoms with van der Waals surface area (Å²) in [4.78, 5) is 24.2. The number of ketones is 1. The molecule has 0 spiro atoms. The third-order valence-corrected chi connectivity index (χ3v) is 4.62. The van der Waals surface area contributed by atoms with Crippen molar-refractivity contribution in [3.63, 3.8) is 0 Å². The van der Waals surface area contributed by atoms with Crippen LogP contribution >= 0.6 is 0 Å². The van der Waals surface area contributed by atoms with Crippen molar-refractivity contribution >= 4 is 17.5 Å². The molecule has 1 amide bonds. The zero-order valence-corrected chi connectivity index (χ0v) is 13.2. The highest BCUT2D eigenvalue weighted by molar-refractivity contribution is 6.02. The normalized spacial score (nSPS) is 19.2. The van der Waals surface area contributed by atoms with Gasteiger partial charge in [0, 0.05) is 17.7 Å². The maximum atomic E-state index is 12.6. The molecule has 25 heavy (non-hydrogen) atoms. The van der Waals surface area contributed by atoms with E-state index >= 15 is 0 Å². The smallest absolute Gasteiger partial charge is 0.254 e. The number of benzene rings is 1. The fourth-order valence-electron chi connectivity index (χ4n) is 3.46. The number of carbonyl (C=O) groups excluding carboxylic acids is 2. The lowest BCUT2D eigenvalue weighted by molar-refractivity contribution is -0.116. The van der Waals surface area contributed by atoms with Crippen molar-refractivity contribution in [3.05, 3.63) is 46.8 Å². The molecule has 2 heterocycles. The lowest BCUT2D eigenvalue weighted by Gasteiger charge is -2.33. The molecule has 128 valence electrons. The van der Waals surface area contributed by atoms with Gasteiger partial charge in [-0.05, 0) is 30.5 Å². The first-order chi connectivity index (χ1) is 12.0. The Hall–Kier alpha value is -3.29. The van der Waals surface area contributed by atoms with Crippen LogP contribution in [-0.2, 0) is 4.79 Å². The lowest BCUT2D eigenvalue weighted by atomic mass is 9.85. The summed E-state index contributed by atoms with van der Waals surface area (Å²) in [7, 11) is 0. The van der Waals surface area contributed by atoms with Gasteiger partial charge in [-0.15, -0.1) is 0 Å². The quantitative estimate of drug-likeness (QED) is 0.612. The lowest BCUT2D eigenvalue weighted by Crippen LogP contribution is -2.32. The minimum absolute atomic E-state index is 0.00640. The highest BCUT2D eigenvalue weighted by atomic mass is 16.3. The molecule has 2 aromatic rings. The van der Waals surface area contributed by atoms with Crippen LogP contribution in [0, 0.1) is 0 Å². The van der Waals surface area contributed by atoms with Crippen LogP contribution in [0.2, 0.25) is 0 Å². The van der Waals surface area contributed by atoms with E-state index in [0.717, 1.165) is 12.1 Å². The predicted molar refractivity (Wildman–Crippen MR) is 88.2 cm³/mol. The van der Waals surface area contributed by atoms with E-state index in [1.54, 1.807) is 6.07 Å². The van der Waals surface area contributed by atoms with Crippen LogP contribution in [0.4, 0.5) is 5.82 Å². The summed E-state index contributed by atoms with van der Waals surface area (Å²) in [6, 6.07) is 3.78. The summed E-state index contributed by atoms with van der Waals surface area (Å²) in [6.07, 6.45) is 3.19. The number of primary amides is 1. The number of phenols is 2. The van der Waals surface area contributed by atoms with E-state index in [2.05, 4.69) is 10.4 Å². The van der Waals surface area contributed by atoms with Crippen molar-refractivity contribution in [1.82, 2.24) is 9.78 Å². The summed E-state index contributed by atoms with van der Waals surface area (Å²) < 4.78 is 1.52. The largest absolute Gasteiger partial charge is 0.504 e. The minimum Gasteiger partial charge on any atom is -0.504 e. The zero-order valence-electron chi connectivity index (χ0n) is 13.2. The van der Waals surface area contributed by atoms with Crippen LogP contribution in [0.15, 0.2) is 35.7 Å². The van der Waals surface area contributed by atoms with E-state index in [0.29, 0.717) is 29.8 Å². The fraction of sp³-hybridized carbons (Fsp3) is 0.235. The van der Waals surface area contributed by atoms with Gasteiger partial charge in [-0.3, -0.25) is 9.59 Å². The Kier molecular flexibility index (Phi) is 3.28. The number of nitrogens with zero attached hydrogens (tertiary/aromatic N) is 2. The number of hydrogen-bond acceptors (Lipinski definition) is 6. The molecule has 0 radical (unpaired) electrons. The average molecular weight is 340 g/mol. The molecule has 5 N–H and O–H groups in total. The third kappa shape index (κ3) is 2.25. The number of carbonyl (C=O) groups is 2. The van der Waals surface area contributed by atoms with Crippen LogP contribution in [0.25, 0.3) is 0 Å². The highest BCUT2D eigenvalue weighted by Crippen LogP contribution is 2.42. The average Bonchev–Trinajstić information content (AvgIpc) is 2.99. The van der Waals surface area contributed by atoms with Gasteiger partial charge in [0.25, 0.3) is 5.91 Å². The number of Topliss-reactive ketones (excluding diaryl/α,β-unsaturated/α-hetero) is 1. The van der Waals surface area contributed by atoms with Crippen molar-refractivity contribution in [1.29, 1.82) is 0 Å². The van der Waals surface area contributed by atoms with E-state index in [-0.39, 0.29) is 22.8 Å². The zero-order chi connectivity index (χ0) is 17.7. The van der Waals surface area contributed by atoms with Gasteiger partial charge in [0.05, 0.1) is 6.20 Å². The number of nitrogens with two attached hydrogens (primary N) is 1. The number of rotatable bonds is 2. The van der Waals surface area contributed by atoms with Crippen LogP contribution in [0.3, 0.4) is 0 Å². The van der Waals surface area contributed by atoms with Gasteiger partial charge in [-0.1, -0.05) is 6.07 Å². The Morgan fingerprint density at radius 2 is 2.08 bits per heavy atom. The van der Waals surface area contributed by atoms with Gasteiger partial charge >= 0.3 is 0 Å². The maximum absolute atomic E-state index is 12.6. The first-order valence-corrected chi connectivity index (χ1v) is 7.90. The number of anilines is 1. The summed E-state index contributed by atoms with van der Waals surface area (Å²) in [5, 5.41) is 26.8. The summed E-state index contributed by atoms with van der Waals surface area (Å²) in [5.41, 5.74) is 7.53. The molecule has 1 aromatic heterocycles. The SMILES string of the molecule is NC(=O)c1cnn2c1NC1=C(C(=O)CCC1)[C@H]2c1ccc(O)c(O)c1. The van der Waals surface area contributed by atoms with Gasteiger partial charge in [-0.2, -0.15) is 5.10 Å². The Balaban J connectivity index is 1.95. The molecule has 1 aromatic carbocycles. The Morgan fingerprint density at radius 3 is 2.80 bits per heavy atom. The van der Waals surface area contributed by atoms with E-state index in [9.17, 15) is 19.8 Å². The molecule has 1 atom stereocenters. The molecule has 0 saturated heterocycles. The summed E-state index contributed by atoms with van der Waals surface area (Å²) in [6.45, 7) is 0. The van der Waals surface area contributed by atoms with E-state index in [4.69, 9.17) is 5.73 Å². The van der Waals surface area contributed by atoms with Crippen LogP contribution in [0.5, 0.6) is 11.5 Å². The Morgan fingerprint density at radius 1 is 1.28 bits per heavy atom. The molecule has 4 rings (SSSR count). The second kappa shape index (κ2) is 5.37. The number of nitrogens with one attached hydrogen (secondary N) is 1. The van der Waals surface area contributed by atoms with Gasteiger partial charge in [0.15, 0.2) is 17.3 Å². The summed E-state index contributed by atoms with van der Waals surface area (Å²) >= 11 is 0. The topological polar surface area (TPSA) is 130 Å². The molecule has 0 saturated carbocycles. The number of aromatic nitrogens is 2. The highest BCUT2D eigenvalue weighted by Gasteiger charge is 2.37. The summed E-state index contributed by atoms with van der Waals surface area (Å²) in [5.74, 6) is -0.732. The molecule has 1 aliphatic heterocycles. The monoisotopic (exact) mass is 340 g/mol. The Labute approximate surface area is 142 Å². The molecule has 8 heteroatoms. The van der Waals surface area contributed by atoms with Crippen LogP contribution < -0.4 is 11.1 Å². The molecule has 1 aliphatic carbocycles. The number of fused-ring (bicyclic) bond motifs is 1. The van der Waals surface area contributed by atoms with Gasteiger partial charge in [0.1, 0.15) is 17.4 Å². The van der Waals surface area contributed by atoms with Crippen LogP contribution in [-0.4, -0.2) is 31.7 Å². The molecule has 0 unspecified atom stereocenters. The fourth-order valence-corrected chi connectivity index (χ4v) is 3.46. The van der Waals surface area contributed by atoms with Crippen molar-refractivity contribution in [2.45, 2.75) is 25.3 Å². The number of hydrogen-bond donors (Lipinski definition) is 4. The van der Waals surface area contributed by atoms with E-state index < -0.39 is 11.9 Å². The standard InChI is InChI=1S/C17H16N4O4/c18-16(25)9-7-19-21-15(8-4-5-11(22)13(24)6-8)14-10(20-17(9)21)2-1-3-12(14)23/h4-7,15,20,22,24H,1-3H2,(H2,18,25)/t15-/m1/s1. The maximum Gasteiger partial charge on any atom is 0.254 e. The van der Waals surface area contributed by atoms with Crippen molar-refractivity contribution in [2.75, 3.05) is 5.32 Å². The Bertz CT molecular complexity index is 944. The van der Waals surface area contributed by atoms with Crippen LogP contribution in [0.1, 0.15) is 41.2 Å². The predicted octanol–water partition coefficient (Wildman–Crippen LogP) is 1.42. The first kappa shape index (κ1) is 15.3. The molecule has 8 nitrogen and oxygen atoms in total. The molecule has 0 fully saturated rings. The van der Waals surface area contributed by atoms with Crippen molar-refractivity contribution < 1.29 is 19.8 Å². The first-order valence-electron chi connectivity index (χ1n) is 7.90. The second-order valence-electron chi connectivity index (χ2n) is 6.16. The van der Waals surface area contributed by atoms with Crippen molar-refractivity contribution in [2.24, 2.45) is 5.73 Å². The molecule has 0 bridgehead atoms. The third-order valence-electron chi connectivity index (χ3n) is 4.62. The number of aromatic hydroxyl groups is 2. The minimum atomic E-state index is -0.618. The number of allylic oxidation sites excluding steroid dienone is 2.